The number of urea groups is 1. The second kappa shape index (κ2) is 8.36. The van der Waals surface area contributed by atoms with Crippen LogP contribution in [0.25, 0.3) is 0 Å². The summed E-state index contributed by atoms with van der Waals surface area (Å²) in [6, 6.07) is 10.4. The van der Waals surface area contributed by atoms with Gasteiger partial charge in [-0.1, -0.05) is 24.3 Å². The van der Waals surface area contributed by atoms with Crippen LogP contribution < -0.4 is 14.8 Å². The van der Waals surface area contributed by atoms with Crippen molar-refractivity contribution in [3.8, 4) is 11.5 Å². The molecule has 2 aromatic carbocycles. The molecule has 2 N–H and O–H groups in total. The fourth-order valence-corrected chi connectivity index (χ4v) is 3.58. The molecule has 1 heterocycles. The van der Waals surface area contributed by atoms with Crippen LogP contribution >= 0.6 is 0 Å². The van der Waals surface area contributed by atoms with E-state index in [4.69, 9.17) is 9.47 Å². The van der Waals surface area contributed by atoms with Gasteiger partial charge in [0.1, 0.15) is 29.7 Å². The van der Waals surface area contributed by atoms with Gasteiger partial charge in [-0.2, -0.15) is 0 Å². The molecule has 0 unspecified atom stereocenters. The third-order valence-corrected chi connectivity index (χ3v) is 5.61. The van der Waals surface area contributed by atoms with Crippen molar-refractivity contribution in [1.29, 1.82) is 0 Å². The first-order valence-electron chi connectivity index (χ1n) is 9.83. The first kappa shape index (κ1) is 21.6. The Bertz CT molecular complexity index is 974. The zero-order chi connectivity index (χ0) is 22.1. The highest BCUT2D eigenvalue weighted by Gasteiger charge is 2.49. The average molecular weight is 412 g/mol. The summed E-state index contributed by atoms with van der Waals surface area (Å²) < 4.78 is 11.0. The molecule has 3 amide bonds. The Morgan fingerprint density at radius 2 is 1.83 bits per heavy atom. The molecule has 7 heteroatoms. The van der Waals surface area contributed by atoms with E-state index in [-0.39, 0.29) is 13.2 Å². The predicted octanol–water partition coefficient (Wildman–Crippen LogP) is 2.83. The molecular formula is C23H28N2O5. The number of β-amino-alcohol motifs (C(OH)–C–C–N with tert-alkyl or cyclic N) is 1. The Labute approximate surface area is 176 Å². The third kappa shape index (κ3) is 3.98. The lowest BCUT2D eigenvalue weighted by Gasteiger charge is -2.23. The number of amides is 3. The van der Waals surface area contributed by atoms with Crippen LogP contribution in [0.4, 0.5) is 4.79 Å². The summed E-state index contributed by atoms with van der Waals surface area (Å²) in [6.45, 7) is 7.34. The SMILES string of the molecule is COc1cccc([C@@]2(C)NC(=O)N(C[C@H](O)COc3c(C)ccc(C)c3C)C2=O)c1. The van der Waals surface area contributed by atoms with E-state index in [9.17, 15) is 14.7 Å². The Morgan fingerprint density at radius 3 is 2.53 bits per heavy atom. The topological polar surface area (TPSA) is 88.1 Å². The van der Waals surface area contributed by atoms with E-state index < -0.39 is 23.6 Å². The van der Waals surface area contributed by atoms with Crippen molar-refractivity contribution in [1.82, 2.24) is 10.2 Å². The number of aliphatic hydroxyl groups is 1. The van der Waals surface area contributed by atoms with Crippen LogP contribution in [0.5, 0.6) is 11.5 Å². The molecule has 0 saturated carbocycles. The number of nitrogens with zero attached hydrogens (tertiary/aromatic N) is 1. The maximum absolute atomic E-state index is 13.1. The van der Waals surface area contributed by atoms with Gasteiger partial charge in [-0.15, -0.1) is 0 Å². The number of nitrogens with one attached hydrogen (secondary N) is 1. The van der Waals surface area contributed by atoms with E-state index in [0.29, 0.717) is 17.1 Å². The van der Waals surface area contributed by atoms with Crippen LogP contribution in [-0.4, -0.2) is 48.3 Å². The number of hydrogen-bond donors (Lipinski definition) is 2. The molecule has 30 heavy (non-hydrogen) atoms. The number of rotatable bonds is 7. The van der Waals surface area contributed by atoms with Gasteiger partial charge in [0.2, 0.25) is 0 Å². The lowest BCUT2D eigenvalue weighted by Crippen LogP contribution is -2.42. The number of benzene rings is 2. The minimum Gasteiger partial charge on any atom is -0.497 e. The molecular weight excluding hydrogens is 384 g/mol. The van der Waals surface area contributed by atoms with E-state index in [1.807, 2.05) is 32.9 Å². The van der Waals surface area contributed by atoms with E-state index in [1.54, 1.807) is 31.2 Å². The number of carbonyl (C=O) groups is 2. The predicted molar refractivity (Wildman–Crippen MR) is 113 cm³/mol. The van der Waals surface area contributed by atoms with Gasteiger partial charge < -0.3 is 19.9 Å². The third-order valence-electron chi connectivity index (χ3n) is 5.61. The normalized spacial score (nSPS) is 19.6. The van der Waals surface area contributed by atoms with Crippen LogP contribution in [0.3, 0.4) is 0 Å². The highest BCUT2D eigenvalue weighted by Crippen LogP contribution is 2.31. The molecule has 2 aromatic rings. The molecule has 7 nitrogen and oxygen atoms in total. The maximum Gasteiger partial charge on any atom is 0.325 e. The lowest BCUT2D eigenvalue weighted by atomic mass is 9.92. The standard InChI is InChI=1S/C23H28N2O5/c1-14-9-10-15(2)20(16(14)3)30-13-18(26)12-25-21(27)23(4,24-22(25)28)17-7-6-8-19(11-17)29-5/h6-11,18,26H,12-13H2,1-5H3,(H,24,28)/t18-,23+/m0/s1. The Balaban J connectivity index is 1.70. The number of aliphatic hydroxyl groups excluding tert-OH is 1. The first-order valence-corrected chi connectivity index (χ1v) is 9.83. The zero-order valence-corrected chi connectivity index (χ0v) is 18.0. The number of aryl methyl sites for hydroxylation is 2. The second-order valence-corrected chi connectivity index (χ2v) is 7.82. The maximum atomic E-state index is 13.1. The summed E-state index contributed by atoms with van der Waals surface area (Å²) in [7, 11) is 1.54. The number of hydrogen-bond acceptors (Lipinski definition) is 5. The summed E-state index contributed by atoms with van der Waals surface area (Å²) in [5.74, 6) is 0.877. The summed E-state index contributed by atoms with van der Waals surface area (Å²) in [4.78, 5) is 26.6. The van der Waals surface area contributed by atoms with E-state index in [0.717, 1.165) is 21.6 Å². The van der Waals surface area contributed by atoms with Crippen LogP contribution in [0.15, 0.2) is 36.4 Å². The van der Waals surface area contributed by atoms with Crippen molar-refractivity contribution in [3.63, 3.8) is 0 Å². The van der Waals surface area contributed by atoms with Gasteiger partial charge in [0.15, 0.2) is 0 Å². The minimum atomic E-state index is -1.23. The molecule has 1 fully saturated rings. The van der Waals surface area contributed by atoms with E-state index in [1.165, 1.54) is 7.11 Å². The second-order valence-electron chi connectivity index (χ2n) is 7.82. The highest BCUT2D eigenvalue weighted by molar-refractivity contribution is 6.07. The molecule has 1 saturated heterocycles. The minimum absolute atomic E-state index is 0.0297. The molecule has 2 atom stereocenters. The first-order chi connectivity index (χ1) is 14.2. The highest BCUT2D eigenvalue weighted by atomic mass is 16.5. The van der Waals surface area contributed by atoms with Crippen LogP contribution in [0.1, 0.15) is 29.2 Å². The fraction of sp³-hybridized carbons (Fsp3) is 0.391. The molecule has 0 bridgehead atoms. The average Bonchev–Trinajstić information content (AvgIpc) is 2.95. The van der Waals surface area contributed by atoms with Gasteiger partial charge in [0, 0.05) is 0 Å². The van der Waals surface area contributed by atoms with Gasteiger partial charge in [-0.3, -0.25) is 9.69 Å². The van der Waals surface area contributed by atoms with Crippen molar-refractivity contribution in [2.24, 2.45) is 0 Å². The summed E-state index contributed by atoms with van der Waals surface area (Å²) in [5.41, 5.74) is 2.44. The summed E-state index contributed by atoms with van der Waals surface area (Å²) >= 11 is 0. The van der Waals surface area contributed by atoms with Crippen molar-refractivity contribution in [2.45, 2.75) is 39.3 Å². The van der Waals surface area contributed by atoms with Gasteiger partial charge in [0.05, 0.1) is 13.7 Å². The van der Waals surface area contributed by atoms with Gasteiger partial charge >= 0.3 is 6.03 Å². The van der Waals surface area contributed by atoms with Crippen molar-refractivity contribution < 1.29 is 24.2 Å². The van der Waals surface area contributed by atoms with Gasteiger partial charge in [-0.25, -0.2) is 4.79 Å². The number of ether oxygens (including phenoxy) is 2. The summed E-state index contributed by atoms with van der Waals surface area (Å²) in [5, 5.41) is 13.2. The number of imide groups is 1. The number of methoxy groups -OCH3 is 1. The van der Waals surface area contributed by atoms with E-state index >= 15 is 0 Å². The molecule has 1 aliphatic heterocycles. The van der Waals surface area contributed by atoms with Crippen molar-refractivity contribution in [2.75, 3.05) is 20.3 Å². The van der Waals surface area contributed by atoms with Gasteiger partial charge in [-0.05, 0) is 62.1 Å². The smallest absolute Gasteiger partial charge is 0.325 e. The van der Waals surface area contributed by atoms with Crippen molar-refractivity contribution >= 4 is 11.9 Å². The molecule has 1 aliphatic rings. The molecule has 160 valence electrons. The quantitative estimate of drug-likeness (QED) is 0.683. The number of carbonyl (C=O) groups excluding carboxylic acids is 2. The van der Waals surface area contributed by atoms with E-state index in [2.05, 4.69) is 5.32 Å². The molecule has 3 rings (SSSR count). The van der Waals surface area contributed by atoms with Crippen molar-refractivity contribution in [3.05, 3.63) is 58.7 Å². The largest absolute Gasteiger partial charge is 0.497 e. The molecule has 0 spiro atoms. The zero-order valence-electron chi connectivity index (χ0n) is 18.0. The fourth-order valence-electron chi connectivity index (χ4n) is 3.58. The van der Waals surface area contributed by atoms with Crippen LogP contribution in [-0.2, 0) is 10.3 Å². The Hall–Kier alpha value is -3.06. The monoisotopic (exact) mass is 412 g/mol. The molecule has 0 aromatic heterocycles. The Morgan fingerprint density at radius 1 is 1.13 bits per heavy atom. The summed E-state index contributed by atoms with van der Waals surface area (Å²) in [6.07, 6.45) is -1.02. The van der Waals surface area contributed by atoms with Crippen LogP contribution in [0, 0.1) is 20.8 Å². The Kier molecular flexibility index (Phi) is 6.03. The molecule has 0 aliphatic carbocycles. The molecule has 0 radical (unpaired) electrons. The van der Waals surface area contributed by atoms with Crippen LogP contribution in [0.2, 0.25) is 0 Å². The lowest BCUT2D eigenvalue weighted by molar-refractivity contribution is -0.132. The van der Waals surface area contributed by atoms with Gasteiger partial charge in [0.25, 0.3) is 5.91 Å².